The minimum atomic E-state index is -5.77. The number of aliphatic hydroxyl groups is 1. The van der Waals surface area contributed by atoms with E-state index in [2.05, 4.69) is 0 Å². The molecular formula is C8H9F5O3. The molecule has 0 heterocycles. The number of rotatable bonds is 3. The second-order valence-electron chi connectivity index (χ2n) is 4.03. The zero-order valence-corrected chi connectivity index (χ0v) is 7.89. The van der Waals surface area contributed by atoms with Gasteiger partial charge in [-0.3, -0.25) is 4.79 Å². The van der Waals surface area contributed by atoms with Crippen LogP contribution in [0.15, 0.2) is 0 Å². The number of alkyl halides is 5. The van der Waals surface area contributed by atoms with Crippen molar-refractivity contribution >= 4 is 5.97 Å². The number of aliphatic hydroxyl groups excluding tert-OH is 1. The van der Waals surface area contributed by atoms with Crippen molar-refractivity contribution in [2.75, 3.05) is 0 Å². The molecule has 3 nitrogen and oxygen atoms in total. The third kappa shape index (κ3) is 2.11. The Bertz CT molecular complexity index is 293. The molecule has 0 unspecified atom stereocenters. The van der Waals surface area contributed by atoms with E-state index in [1.54, 1.807) is 0 Å². The van der Waals surface area contributed by atoms with E-state index in [1.165, 1.54) is 0 Å². The number of carboxylic acids is 1. The predicted octanol–water partition coefficient (Wildman–Crippen LogP) is 1.80. The van der Waals surface area contributed by atoms with Gasteiger partial charge in [-0.15, -0.1) is 0 Å². The van der Waals surface area contributed by atoms with Gasteiger partial charge in [0.25, 0.3) is 0 Å². The molecule has 0 atom stereocenters. The second-order valence-corrected chi connectivity index (χ2v) is 4.03. The van der Waals surface area contributed by atoms with Crippen molar-refractivity contribution in [1.82, 2.24) is 0 Å². The van der Waals surface area contributed by atoms with Crippen molar-refractivity contribution < 1.29 is 37.0 Å². The van der Waals surface area contributed by atoms with Gasteiger partial charge in [-0.2, -0.15) is 22.0 Å². The van der Waals surface area contributed by atoms with Crippen LogP contribution in [-0.4, -0.2) is 34.4 Å². The lowest BCUT2D eigenvalue weighted by Crippen LogP contribution is -2.53. The van der Waals surface area contributed by atoms with Crippen LogP contribution >= 0.6 is 0 Å². The molecule has 0 aromatic heterocycles. The van der Waals surface area contributed by atoms with Crippen molar-refractivity contribution in [3.63, 3.8) is 0 Å². The predicted molar refractivity (Wildman–Crippen MR) is 40.9 cm³/mol. The molecule has 0 bridgehead atoms. The van der Waals surface area contributed by atoms with E-state index in [9.17, 15) is 26.7 Å². The molecule has 94 valence electrons. The lowest BCUT2D eigenvalue weighted by molar-refractivity contribution is -0.297. The molecule has 0 amide bonds. The Morgan fingerprint density at radius 3 is 1.94 bits per heavy atom. The molecule has 8 heteroatoms. The van der Waals surface area contributed by atoms with Crippen LogP contribution in [-0.2, 0) is 4.79 Å². The van der Waals surface area contributed by atoms with Gasteiger partial charge in [-0.25, -0.2) is 0 Å². The Labute approximate surface area is 86.9 Å². The molecule has 0 spiro atoms. The molecule has 1 aliphatic carbocycles. The zero-order valence-electron chi connectivity index (χ0n) is 7.89. The molecule has 1 aliphatic rings. The van der Waals surface area contributed by atoms with Crippen molar-refractivity contribution in [2.45, 2.75) is 37.5 Å². The highest BCUT2D eigenvalue weighted by atomic mass is 19.4. The van der Waals surface area contributed by atoms with Crippen LogP contribution in [0.2, 0.25) is 0 Å². The Morgan fingerprint density at radius 1 is 1.25 bits per heavy atom. The maximum absolute atomic E-state index is 12.7. The van der Waals surface area contributed by atoms with E-state index in [-0.39, 0.29) is 0 Å². The third-order valence-corrected chi connectivity index (χ3v) is 2.68. The largest absolute Gasteiger partial charge is 0.481 e. The van der Waals surface area contributed by atoms with Gasteiger partial charge in [0.1, 0.15) is 0 Å². The smallest absolute Gasteiger partial charge is 0.453 e. The molecule has 0 aromatic carbocycles. The lowest BCUT2D eigenvalue weighted by Gasteiger charge is -2.43. The number of hydrogen-bond donors (Lipinski definition) is 2. The number of carboxylic acid groups (broad SMARTS) is 1. The van der Waals surface area contributed by atoms with Crippen molar-refractivity contribution in [3.8, 4) is 0 Å². The first-order valence-corrected chi connectivity index (χ1v) is 4.36. The summed E-state index contributed by atoms with van der Waals surface area (Å²) in [4.78, 5) is 10.6. The highest BCUT2D eigenvalue weighted by molar-refractivity contribution is 5.76. The van der Waals surface area contributed by atoms with Crippen LogP contribution in [0.1, 0.15) is 19.3 Å². The van der Waals surface area contributed by atoms with Crippen molar-refractivity contribution in [3.05, 3.63) is 0 Å². The molecule has 0 aromatic rings. The van der Waals surface area contributed by atoms with Crippen LogP contribution in [0.25, 0.3) is 0 Å². The SMILES string of the molecule is O=C(O)C1(CC(F)(F)C(F)(F)F)CC(O)C1. The van der Waals surface area contributed by atoms with Gasteiger partial charge in [-0.1, -0.05) is 0 Å². The van der Waals surface area contributed by atoms with Crippen LogP contribution < -0.4 is 0 Å². The number of aliphatic carboxylic acids is 1. The van der Waals surface area contributed by atoms with Gasteiger partial charge < -0.3 is 10.2 Å². The molecule has 1 rings (SSSR count). The zero-order chi connectivity index (χ0) is 12.8. The maximum atomic E-state index is 12.7. The summed E-state index contributed by atoms with van der Waals surface area (Å²) in [5, 5.41) is 17.5. The van der Waals surface area contributed by atoms with Gasteiger partial charge in [0.2, 0.25) is 0 Å². The molecule has 0 saturated heterocycles. The average Bonchev–Trinajstić information content (AvgIpc) is 1.97. The van der Waals surface area contributed by atoms with Gasteiger partial charge in [0, 0.05) is 6.42 Å². The van der Waals surface area contributed by atoms with Crippen molar-refractivity contribution in [2.24, 2.45) is 5.41 Å². The molecule has 1 saturated carbocycles. The topological polar surface area (TPSA) is 57.5 Å². The fourth-order valence-corrected chi connectivity index (χ4v) is 1.76. The maximum Gasteiger partial charge on any atom is 0.453 e. The van der Waals surface area contributed by atoms with Crippen molar-refractivity contribution in [1.29, 1.82) is 0 Å². The Balaban J connectivity index is 2.83. The minimum Gasteiger partial charge on any atom is -0.481 e. The van der Waals surface area contributed by atoms with E-state index in [1.807, 2.05) is 0 Å². The molecule has 2 N–H and O–H groups in total. The standard InChI is InChI=1S/C8H9F5O3/c9-7(10,8(11,12)13)3-6(5(15)16)1-4(14)2-6/h4,14H,1-3H2,(H,15,16). The summed E-state index contributed by atoms with van der Waals surface area (Å²) >= 11 is 0. The van der Waals surface area contributed by atoms with E-state index in [0.29, 0.717) is 0 Å². The van der Waals surface area contributed by atoms with E-state index in [0.717, 1.165) is 0 Å². The fourth-order valence-electron chi connectivity index (χ4n) is 1.76. The monoisotopic (exact) mass is 248 g/mol. The van der Waals surface area contributed by atoms with Crippen LogP contribution in [0.3, 0.4) is 0 Å². The summed E-state index contributed by atoms with van der Waals surface area (Å²) in [6.45, 7) is 0. The summed E-state index contributed by atoms with van der Waals surface area (Å²) < 4.78 is 61.0. The summed E-state index contributed by atoms with van der Waals surface area (Å²) in [6, 6.07) is 0. The average molecular weight is 248 g/mol. The van der Waals surface area contributed by atoms with Gasteiger partial charge >= 0.3 is 18.1 Å². The summed E-state index contributed by atoms with van der Waals surface area (Å²) in [6.07, 6.45) is -9.87. The molecule has 0 radical (unpaired) electrons. The summed E-state index contributed by atoms with van der Waals surface area (Å²) in [5.74, 6) is -6.78. The van der Waals surface area contributed by atoms with Gasteiger partial charge in [0.05, 0.1) is 11.5 Å². The van der Waals surface area contributed by atoms with Gasteiger partial charge in [-0.05, 0) is 12.8 Å². The van der Waals surface area contributed by atoms with Gasteiger partial charge in [0.15, 0.2) is 0 Å². The molecular weight excluding hydrogens is 239 g/mol. The molecule has 1 fully saturated rings. The third-order valence-electron chi connectivity index (χ3n) is 2.68. The number of carbonyl (C=O) groups is 1. The highest BCUT2D eigenvalue weighted by Gasteiger charge is 2.64. The Kier molecular flexibility index (Phi) is 2.91. The second kappa shape index (κ2) is 3.54. The first kappa shape index (κ1) is 13.1. The Hall–Kier alpha value is -0.920. The fraction of sp³-hybridized carbons (Fsp3) is 0.875. The number of halogens is 5. The highest BCUT2D eigenvalue weighted by Crippen LogP contribution is 2.52. The lowest BCUT2D eigenvalue weighted by atomic mass is 9.63. The normalized spacial score (nSPS) is 31.0. The molecule has 16 heavy (non-hydrogen) atoms. The van der Waals surface area contributed by atoms with E-state index < -0.39 is 48.8 Å². The molecule has 0 aliphatic heterocycles. The first-order valence-electron chi connectivity index (χ1n) is 4.36. The van der Waals surface area contributed by atoms with Crippen LogP contribution in [0.5, 0.6) is 0 Å². The summed E-state index contributed by atoms with van der Waals surface area (Å²) in [5.41, 5.74) is -2.17. The first-order chi connectivity index (χ1) is 7.00. The minimum absolute atomic E-state index is 0.575. The quantitative estimate of drug-likeness (QED) is 0.749. The van der Waals surface area contributed by atoms with Crippen LogP contribution in [0.4, 0.5) is 22.0 Å². The van der Waals surface area contributed by atoms with Crippen LogP contribution in [0, 0.1) is 5.41 Å². The Morgan fingerprint density at radius 2 is 1.69 bits per heavy atom. The van der Waals surface area contributed by atoms with E-state index in [4.69, 9.17) is 10.2 Å². The van der Waals surface area contributed by atoms with E-state index >= 15 is 0 Å². The number of hydrogen-bond acceptors (Lipinski definition) is 2. The summed E-state index contributed by atoms with van der Waals surface area (Å²) in [7, 11) is 0.